The van der Waals surface area contributed by atoms with Crippen molar-refractivity contribution in [3.63, 3.8) is 0 Å². The molecule has 20 heavy (non-hydrogen) atoms. The number of amides is 1. The normalized spacial score (nSPS) is 20.3. The van der Waals surface area contributed by atoms with E-state index in [2.05, 4.69) is 15.9 Å². The summed E-state index contributed by atoms with van der Waals surface area (Å²) in [5.74, 6) is -0.723. The SMILES string of the molecule is O=C(N1CCCCC1)[C@](F)(Br)[C@@H](O)c1ccc(Cl)cc1. The molecule has 6 heteroatoms. The summed E-state index contributed by atoms with van der Waals surface area (Å²) >= 11 is 8.52. The van der Waals surface area contributed by atoms with Crippen molar-refractivity contribution in [3.8, 4) is 0 Å². The second-order valence-corrected chi connectivity index (χ2v) is 6.52. The van der Waals surface area contributed by atoms with E-state index in [-0.39, 0.29) is 0 Å². The van der Waals surface area contributed by atoms with E-state index >= 15 is 0 Å². The molecule has 0 aromatic heterocycles. The van der Waals surface area contributed by atoms with Gasteiger partial charge in [0.2, 0.25) is 0 Å². The lowest BCUT2D eigenvalue weighted by atomic mass is 10.0. The minimum atomic E-state index is -2.52. The van der Waals surface area contributed by atoms with Gasteiger partial charge >= 0.3 is 0 Å². The van der Waals surface area contributed by atoms with Crippen LogP contribution in [0.3, 0.4) is 0 Å². The quantitative estimate of drug-likeness (QED) is 0.835. The Morgan fingerprint density at radius 1 is 1.30 bits per heavy atom. The Hall–Kier alpha value is -0.650. The zero-order valence-corrected chi connectivity index (χ0v) is 13.2. The van der Waals surface area contributed by atoms with Gasteiger partial charge in [0.15, 0.2) is 0 Å². The third kappa shape index (κ3) is 3.32. The summed E-state index contributed by atoms with van der Waals surface area (Å²) in [5, 5.41) is 10.6. The molecule has 0 bridgehead atoms. The smallest absolute Gasteiger partial charge is 0.274 e. The molecule has 0 aliphatic carbocycles. The molecule has 1 heterocycles. The number of nitrogens with zero attached hydrogens (tertiary/aromatic N) is 1. The number of aliphatic hydroxyl groups is 1. The first-order valence-electron chi connectivity index (χ1n) is 6.53. The molecule has 1 saturated heterocycles. The van der Waals surface area contributed by atoms with Crippen molar-refractivity contribution in [3.05, 3.63) is 34.9 Å². The Morgan fingerprint density at radius 2 is 1.85 bits per heavy atom. The van der Waals surface area contributed by atoms with Crippen LogP contribution in [0.5, 0.6) is 0 Å². The molecule has 1 aliphatic rings. The van der Waals surface area contributed by atoms with Gasteiger partial charge in [0.1, 0.15) is 6.10 Å². The molecule has 0 saturated carbocycles. The number of likely N-dealkylation sites (tertiary alicyclic amines) is 1. The second-order valence-electron chi connectivity index (χ2n) is 4.93. The molecule has 1 fully saturated rings. The number of rotatable bonds is 3. The molecule has 1 amide bonds. The van der Waals surface area contributed by atoms with Crippen LogP contribution in [0.4, 0.5) is 4.39 Å². The average molecular weight is 365 g/mol. The van der Waals surface area contributed by atoms with Gasteiger partial charge in [-0.1, -0.05) is 23.7 Å². The van der Waals surface area contributed by atoms with Crippen LogP contribution >= 0.6 is 27.5 Å². The molecule has 1 aromatic carbocycles. The van der Waals surface area contributed by atoms with Gasteiger partial charge in [-0.15, -0.1) is 0 Å². The van der Waals surface area contributed by atoms with Crippen molar-refractivity contribution in [1.82, 2.24) is 4.90 Å². The summed E-state index contributed by atoms with van der Waals surface area (Å²) in [6, 6.07) is 6.11. The maximum Gasteiger partial charge on any atom is 0.274 e. The Bertz CT molecular complexity index is 475. The maximum absolute atomic E-state index is 14.7. The number of hydrogen-bond acceptors (Lipinski definition) is 2. The van der Waals surface area contributed by atoms with Crippen molar-refractivity contribution in [2.45, 2.75) is 29.9 Å². The van der Waals surface area contributed by atoms with Gasteiger partial charge in [-0.3, -0.25) is 4.79 Å². The topological polar surface area (TPSA) is 40.5 Å². The number of carbonyl (C=O) groups excluding carboxylic acids is 1. The van der Waals surface area contributed by atoms with Crippen LogP contribution in [-0.2, 0) is 4.79 Å². The van der Waals surface area contributed by atoms with E-state index in [1.54, 1.807) is 12.1 Å². The summed E-state index contributed by atoms with van der Waals surface area (Å²) < 4.78 is 12.2. The number of benzene rings is 1. The van der Waals surface area contributed by atoms with Gasteiger partial charge in [0.05, 0.1) is 0 Å². The van der Waals surface area contributed by atoms with Gasteiger partial charge in [-0.25, -0.2) is 4.39 Å². The van der Waals surface area contributed by atoms with E-state index in [1.165, 1.54) is 17.0 Å². The zero-order chi connectivity index (χ0) is 14.8. The maximum atomic E-state index is 14.7. The lowest BCUT2D eigenvalue weighted by molar-refractivity contribution is -0.144. The Kier molecular flexibility index (Phi) is 5.04. The van der Waals surface area contributed by atoms with E-state index in [0.717, 1.165) is 19.3 Å². The zero-order valence-electron chi connectivity index (χ0n) is 10.9. The highest BCUT2D eigenvalue weighted by molar-refractivity contribution is 9.10. The summed E-state index contributed by atoms with van der Waals surface area (Å²) in [4.78, 5) is 13.7. The van der Waals surface area contributed by atoms with Gasteiger partial charge in [-0.2, -0.15) is 0 Å². The summed E-state index contributed by atoms with van der Waals surface area (Å²) in [7, 11) is 0. The number of carbonyl (C=O) groups is 1. The number of halogens is 3. The van der Waals surface area contributed by atoms with E-state index in [4.69, 9.17) is 11.6 Å². The van der Waals surface area contributed by atoms with Crippen LogP contribution in [0, 0.1) is 0 Å². The van der Waals surface area contributed by atoms with Crippen LogP contribution in [0.1, 0.15) is 30.9 Å². The fraction of sp³-hybridized carbons (Fsp3) is 0.500. The molecule has 2 rings (SSSR count). The van der Waals surface area contributed by atoms with Crippen LogP contribution < -0.4 is 0 Å². The number of aliphatic hydroxyl groups excluding tert-OH is 1. The molecule has 0 radical (unpaired) electrons. The first-order valence-corrected chi connectivity index (χ1v) is 7.71. The van der Waals surface area contributed by atoms with Crippen LogP contribution in [-0.4, -0.2) is 33.6 Å². The number of piperidine rings is 1. The van der Waals surface area contributed by atoms with Gasteiger partial charge < -0.3 is 10.0 Å². The van der Waals surface area contributed by atoms with Crippen molar-refractivity contribution in [2.75, 3.05) is 13.1 Å². The molecule has 2 atom stereocenters. The molecular formula is C14H16BrClFNO2. The third-order valence-electron chi connectivity index (χ3n) is 3.46. The number of alkyl halides is 2. The summed E-state index contributed by atoms with van der Waals surface area (Å²) in [6.45, 7) is 1.06. The van der Waals surface area contributed by atoms with E-state index in [0.29, 0.717) is 23.7 Å². The standard InChI is InChI=1S/C14H16BrClFNO2/c15-14(17,13(20)18-8-2-1-3-9-18)12(19)10-4-6-11(16)7-5-10/h4-7,12,19H,1-3,8-9H2/t12-,14-/m0/s1. The van der Waals surface area contributed by atoms with Crippen LogP contribution in [0.2, 0.25) is 5.02 Å². The molecule has 1 N–H and O–H groups in total. The molecule has 3 nitrogen and oxygen atoms in total. The molecule has 0 spiro atoms. The molecule has 1 aliphatic heterocycles. The largest absolute Gasteiger partial charge is 0.384 e. The lowest BCUT2D eigenvalue weighted by Crippen LogP contribution is -2.47. The van der Waals surface area contributed by atoms with E-state index < -0.39 is 16.6 Å². The number of hydrogen-bond donors (Lipinski definition) is 1. The van der Waals surface area contributed by atoms with Crippen molar-refractivity contribution < 1.29 is 14.3 Å². The Morgan fingerprint density at radius 3 is 2.40 bits per heavy atom. The fourth-order valence-electron chi connectivity index (χ4n) is 2.28. The van der Waals surface area contributed by atoms with Gasteiger partial charge in [0, 0.05) is 18.1 Å². The molecular weight excluding hydrogens is 349 g/mol. The monoisotopic (exact) mass is 363 g/mol. The average Bonchev–Trinajstić information content (AvgIpc) is 2.47. The second kappa shape index (κ2) is 6.41. The predicted octanol–water partition coefficient (Wildman–Crippen LogP) is 3.45. The Balaban J connectivity index is 2.15. The van der Waals surface area contributed by atoms with Crippen molar-refractivity contribution >= 4 is 33.4 Å². The minimum Gasteiger partial charge on any atom is -0.384 e. The third-order valence-corrected chi connectivity index (χ3v) is 4.48. The van der Waals surface area contributed by atoms with Crippen molar-refractivity contribution in [1.29, 1.82) is 0 Å². The van der Waals surface area contributed by atoms with E-state index in [9.17, 15) is 14.3 Å². The van der Waals surface area contributed by atoms with E-state index in [1.807, 2.05) is 0 Å². The Labute approximate surface area is 130 Å². The highest BCUT2D eigenvalue weighted by Crippen LogP contribution is 2.38. The first kappa shape index (κ1) is 15.7. The molecule has 1 aromatic rings. The van der Waals surface area contributed by atoms with Gasteiger partial charge in [-0.05, 0) is 52.9 Å². The van der Waals surface area contributed by atoms with Crippen molar-refractivity contribution in [2.24, 2.45) is 0 Å². The van der Waals surface area contributed by atoms with Crippen LogP contribution in [0.15, 0.2) is 24.3 Å². The first-order chi connectivity index (χ1) is 9.43. The fourth-order valence-corrected chi connectivity index (χ4v) is 2.92. The molecule has 0 unspecified atom stereocenters. The predicted molar refractivity (Wildman–Crippen MR) is 79.6 cm³/mol. The van der Waals surface area contributed by atoms with Gasteiger partial charge in [0.25, 0.3) is 10.5 Å². The van der Waals surface area contributed by atoms with Crippen LogP contribution in [0.25, 0.3) is 0 Å². The molecule has 110 valence electrons. The highest BCUT2D eigenvalue weighted by atomic mass is 79.9. The highest BCUT2D eigenvalue weighted by Gasteiger charge is 2.46. The minimum absolute atomic E-state index is 0.305. The summed E-state index contributed by atoms with van der Waals surface area (Å²) in [6.07, 6.45) is 1.21. The summed E-state index contributed by atoms with van der Waals surface area (Å²) in [5.41, 5.74) is 0.305. The lowest BCUT2D eigenvalue weighted by Gasteiger charge is -2.33.